The largest absolute Gasteiger partial charge is 0.395 e. The van der Waals surface area contributed by atoms with Crippen LogP contribution in [0.25, 0.3) is 0 Å². The fourth-order valence-electron chi connectivity index (χ4n) is 2.53. The topological polar surface area (TPSA) is 65.6 Å². The number of nitrogens with zero attached hydrogens (tertiary/aromatic N) is 4. The van der Waals surface area contributed by atoms with Gasteiger partial charge in [0, 0.05) is 26.1 Å². The van der Waals surface area contributed by atoms with E-state index in [0.29, 0.717) is 0 Å². The third kappa shape index (κ3) is 4.85. The lowest BCUT2D eigenvalue weighted by Gasteiger charge is -2.19. The van der Waals surface area contributed by atoms with Crippen LogP contribution in [0.3, 0.4) is 0 Å². The van der Waals surface area contributed by atoms with Crippen molar-refractivity contribution < 1.29 is 9.63 Å². The summed E-state index contributed by atoms with van der Waals surface area (Å²) in [5, 5.41) is 13.0. The summed E-state index contributed by atoms with van der Waals surface area (Å²) >= 11 is 0. The van der Waals surface area contributed by atoms with Crippen molar-refractivity contribution in [3.05, 3.63) is 11.7 Å². The van der Waals surface area contributed by atoms with Crippen molar-refractivity contribution in [1.29, 1.82) is 0 Å². The molecule has 0 aromatic carbocycles. The predicted octanol–water partition coefficient (Wildman–Crippen LogP) is 0.912. The standard InChI is InChI=1S/C14H26N4O2/c1-2-3-5-13-15-14(20-16-13)12-18-7-4-6-17(8-9-18)10-11-19/h19H,2-12H2,1H3. The Bertz CT molecular complexity index is 383. The average molecular weight is 282 g/mol. The number of β-amino-alcohol motifs (C(OH)–C–C–N with tert-alkyl or cyclic N) is 1. The van der Waals surface area contributed by atoms with E-state index in [1.54, 1.807) is 0 Å². The van der Waals surface area contributed by atoms with Gasteiger partial charge in [0.05, 0.1) is 13.2 Å². The van der Waals surface area contributed by atoms with Crippen LogP contribution in [0.1, 0.15) is 37.9 Å². The Morgan fingerprint density at radius 3 is 2.80 bits per heavy atom. The van der Waals surface area contributed by atoms with Crippen molar-refractivity contribution in [2.75, 3.05) is 39.3 Å². The quantitative estimate of drug-likeness (QED) is 0.802. The van der Waals surface area contributed by atoms with E-state index in [1.165, 1.54) is 0 Å². The molecule has 0 spiro atoms. The summed E-state index contributed by atoms with van der Waals surface area (Å²) in [5.74, 6) is 1.56. The van der Waals surface area contributed by atoms with E-state index in [1.807, 2.05) is 0 Å². The van der Waals surface area contributed by atoms with Gasteiger partial charge < -0.3 is 9.63 Å². The van der Waals surface area contributed by atoms with Crippen molar-refractivity contribution in [2.45, 2.75) is 39.2 Å². The first-order valence-electron chi connectivity index (χ1n) is 7.69. The highest BCUT2D eigenvalue weighted by Gasteiger charge is 2.17. The van der Waals surface area contributed by atoms with Gasteiger partial charge in [0.25, 0.3) is 0 Å². The zero-order valence-electron chi connectivity index (χ0n) is 12.4. The highest BCUT2D eigenvalue weighted by atomic mass is 16.5. The molecule has 1 aliphatic rings. The van der Waals surface area contributed by atoms with E-state index in [2.05, 4.69) is 26.9 Å². The molecule has 6 nitrogen and oxygen atoms in total. The Kier molecular flexibility index (Phi) is 6.42. The van der Waals surface area contributed by atoms with E-state index >= 15 is 0 Å². The first-order chi connectivity index (χ1) is 9.81. The molecule has 0 bridgehead atoms. The number of aliphatic hydroxyl groups excluding tert-OH is 1. The molecular weight excluding hydrogens is 256 g/mol. The third-order valence-electron chi connectivity index (χ3n) is 3.72. The van der Waals surface area contributed by atoms with Crippen LogP contribution in [0, 0.1) is 0 Å². The zero-order chi connectivity index (χ0) is 14.2. The Hall–Kier alpha value is -0.980. The fraction of sp³-hybridized carbons (Fsp3) is 0.857. The number of rotatable bonds is 7. The molecule has 2 heterocycles. The van der Waals surface area contributed by atoms with Gasteiger partial charge in [-0.2, -0.15) is 4.98 Å². The Labute approximate surface area is 120 Å². The SMILES string of the molecule is CCCCc1noc(CN2CCCN(CCO)CC2)n1. The molecule has 20 heavy (non-hydrogen) atoms. The van der Waals surface area contributed by atoms with Gasteiger partial charge in [-0.1, -0.05) is 18.5 Å². The molecule has 0 atom stereocenters. The Balaban J connectivity index is 1.79. The van der Waals surface area contributed by atoms with Crippen LogP contribution >= 0.6 is 0 Å². The summed E-state index contributed by atoms with van der Waals surface area (Å²) in [6.07, 6.45) is 4.29. The number of hydrogen-bond donors (Lipinski definition) is 1. The highest BCUT2D eigenvalue weighted by Crippen LogP contribution is 2.09. The van der Waals surface area contributed by atoms with E-state index < -0.39 is 0 Å². The molecular formula is C14H26N4O2. The van der Waals surface area contributed by atoms with Gasteiger partial charge in [-0.15, -0.1) is 0 Å². The molecule has 0 amide bonds. The van der Waals surface area contributed by atoms with E-state index in [4.69, 9.17) is 9.63 Å². The van der Waals surface area contributed by atoms with Gasteiger partial charge in [-0.05, 0) is 25.9 Å². The van der Waals surface area contributed by atoms with Crippen LogP contribution in [-0.2, 0) is 13.0 Å². The number of unbranched alkanes of at least 4 members (excludes halogenated alkanes) is 1. The van der Waals surface area contributed by atoms with Crippen LogP contribution in [-0.4, -0.2) is 64.4 Å². The maximum atomic E-state index is 9.00. The van der Waals surface area contributed by atoms with Gasteiger partial charge >= 0.3 is 0 Å². The van der Waals surface area contributed by atoms with E-state index in [-0.39, 0.29) is 6.61 Å². The molecule has 6 heteroatoms. The van der Waals surface area contributed by atoms with Gasteiger partial charge in [-0.25, -0.2) is 0 Å². The van der Waals surface area contributed by atoms with Crippen molar-refractivity contribution in [3.63, 3.8) is 0 Å². The van der Waals surface area contributed by atoms with Crippen LogP contribution in [0.15, 0.2) is 4.52 Å². The van der Waals surface area contributed by atoms with Crippen LogP contribution in [0.5, 0.6) is 0 Å². The summed E-state index contributed by atoms with van der Waals surface area (Å²) in [4.78, 5) is 9.12. The second-order valence-electron chi connectivity index (χ2n) is 5.40. The summed E-state index contributed by atoms with van der Waals surface area (Å²) in [7, 11) is 0. The summed E-state index contributed by atoms with van der Waals surface area (Å²) in [5.41, 5.74) is 0. The van der Waals surface area contributed by atoms with Gasteiger partial charge in [-0.3, -0.25) is 9.80 Å². The smallest absolute Gasteiger partial charge is 0.240 e. The number of aromatic nitrogens is 2. The number of aryl methyl sites for hydroxylation is 1. The van der Waals surface area contributed by atoms with E-state index in [0.717, 1.165) is 76.7 Å². The molecule has 114 valence electrons. The molecule has 1 saturated heterocycles. The van der Waals surface area contributed by atoms with Crippen LogP contribution < -0.4 is 0 Å². The predicted molar refractivity (Wildman–Crippen MR) is 76.3 cm³/mol. The van der Waals surface area contributed by atoms with Crippen LogP contribution in [0.2, 0.25) is 0 Å². The lowest BCUT2D eigenvalue weighted by atomic mass is 10.2. The molecule has 1 aromatic heterocycles. The first kappa shape index (κ1) is 15.4. The maximum Gasteiger partial charge on any atom is 0.240 e. The second kappa shape index (κ2) is 8.34. The average Bonchev–Trinajstić information content (AvgIpc) is 2.77. The lowest BCUT2D eigenvalue weighted by molar-refractivity contribution is 0.191. The highest BCUT2D eigenvalue weighted by molar-refractivity contribution is 4.87. The minimum Gasteiger partial charge on any atom is -0.395 e. The van der Waals surface area contributed by atoms with E-state index in [9.17, 15) is 0 Å². The molecule has 0 saturated carbocycles. The van der Waals surface area contributed by atoms with Gasteiger partial charge in [0.1, 0.15) is 0 Å². The summed E-state index contributed by atoms with van der Waals surface area (Å²) in [6, 6.07) is 0. The molecule has 1 fully saturated rings. The van der Waals surface area contributed by atoms with Crippen LogP contribution in [0.4, 0.5) is 0 Å². The zero-order valence-corrected chi connectivity index (χ0v) is 12.4. The van der Waals surface area contributed by atoms with Crippen molar-refractivity contribution in [1.82, 2.24) is 19.9 Å². The fourth-order valence-corrected chi connectivity index (χ4v) is 2.53. The normalized spacial score (nSPS) is 18.3. The molecule has 1 aliphatic heterocycles. The third-order valence-corrected chi connectivity index (χ3v) is 3.72. The van der Waals surface area contributed by atoms with Gasteiger partial charge in [0.15, 0.2) is 5.82 Å². The number of hydrogen-bond acceptors (Lipinski definition) is 6. The second-order valence-corrected chi connectivity index (χ2v) is 5.40. The lowest BCUT2D eigenvalue weighted by Crippen LogP contribution is -2.32. The van der Waals surface area contributed by atoms with Crippen molar-refractivity contribution >= 4 is 0 Å². The molecule has 1 N–H and O–H groups in total. The molecule has 0 aliphatic carbocycles. The minimum absolute atomic E-state index is 0.241. The maximum absolute atomic E-state index is 9.00. The number of aliphatic hydroxyl groups is 1. The summed E-state index contributed by atoms with van der Waals surface area (Å²) in [6.45, 7) is 8.02. The minimum atomic E-state index is 0.241. The summed E-state index contributed by atoms with van der Waals surface area (Å²) < 4.78 is 5.32. The Morgan fingerprint density at radius 1 is 1.20 bits per heavy atom. The van der Waals surface area contributed by atoms with Crippen molar-refractivity contribution in [2.24, 2.45) is 0 Å². The van der Waals surface area contributed by atoms with Crippen molar-refractivity contribution in [3.8, 4) is 0 Å². The molecule has 1 aromatic rings. The Morgan fingerprint density at radius 2 is 2.00 bits per heavy atom. The van der Waals surface area contributed by atoms with Gasteiger partial charge in [0.2, 0.25) is 5.89 Å². The molecule has 2 rings (SSSR count). The molecule has 0 unspecified atom stereocenters. The molecule has 0 radical (unpaired) electrons. The monoisotopic (exact) mass is 282 g/mol. The first-order valence-corrected chi connectivity index (χ1v) is 7.69.